The van der Waals surface area contributed by atoms with Crippen LogP contribution in [0.1, 0.15) is 32.2 Å². The summed E-state index contributed by atoms with van der Waals surface area (Å²) in [5, 5.41) is 0.0595. The van der Waals surface area contributed by atoms with E-state index in [4.69, 9.17) is 4.74 Å². The van der Waals surface area contributed by atoms with E-state index in [1.54, 1.807) is 0 Å². The molecule has 0 aromatic carbocycles. The Labute approximate surface area is 99.8 Å². The van der Waals surface area contributed by atoms with Crippen LogP contribution in [0.2, 0.25) is 0 Å². The summed E-state index contributed by atoms with van der Waals surface area (Å²) >= 11 is 0.915. The molecule has 0 saturated heterocycles. The summed E-state index contributed by atoms with van der Waals surface area (Å²) in [6.45, 7) is 9.22. The summed E-state index contributed by atoms with van der Waals surface area (Å²) in [5.41, 5.74) is 1.21. The van der Waals surface area contributed by atoms with Gasteiger partial charge in [-0.15, -0.1) is 0 Å². The lowest BCUT2D eigenvalue weighted by Gasteiger charge is -2.18. The SMILES string of the molecule is Cc1cc(C)nc(SC(=O)OC(C)(C)C)n1. The van der Waals surface area contributed by atoms with Crippen LogP contribution in [0.4, 0.5) is 4.79 Å². The summed E-state index contributed by atoms with van der Waals surface area (Å²) < 4.78 is 5.17. The topological polar surface area (TPSA) is 52.1 Å². The van der Waals surface area contributed by atoms with Gasteiger partial charge in [0, 0.05) is 23.1 Å². The molecule has 5 heteroatoms. The van der Waals surface area contributed by atoms with E-state index in [0.29, 0.717) is 5.16 Å². The molecule has 0 spiro atoms. The first kappa shape index (κ1) is 13.0. The van der Waals surface area contributed by atoms with Gasteiger partial charge in [0.2, 0.25) is 0 Å². The van der Waals surface area contributed by atoms with E-state index in [1.807, 2.05) is 40.7 Å². The van der Waals surface area contributed by atoms with Crippen LogP contribution in [0.5, 0.6) is 0 Å². The minimum absolute atomic E-state index is 0.377. The molecule has 0 aliphatic carbocycles. The zero-order chi connectivity index (χ0) is 12.3. The molecular weight excluding hydrogens is 224 g/mol. The number of nitrogens with zero attached hydrogens (tertiary/aromatic N) is 2. The van der Waals surface area contributed by atoms with E-state index >= 15 is 0 Å². The van der Waals surface area contributed by atoms with Crippen molar-refractivity contribution in [2.75, 3.05) is 0 Å². The standard InChI is InChI=1S/C11H16N2O2S/c1-7-6-8(2)13-9(12-7)16-10(14)15-11(3,4)5/h6H,1-5H3. The normalized spacial score (nSPS) is 11.3. The average molecular weight is 240 g/mol. The maximum atomic E-state index is 11.5. The molecule has 0 bridgehead atoms. The van der Waals surface area contributed by atoms with Crippen molar-refractivity contribution >= 4 is 17.1 Å². The minimum Gasteiger partial charge on any atom is -0.452 e. The highest BCUT2D eigenvalue weighted by molar-refractivity contribution is 8.13. The van der Waals surface area contributed by atoms with Crippen molar-refractivity contribution in [1.29, 1.82) is 0 Å². The summed E-state index contributed by atoms with van der Waals surface area (Å²) in [7, 11) is 0. The van der Waals surface area contributed by atoms with Gasteiger partial charge in [0.15, 0.2) is 5.16 Å². The molecule has 1 heterocycles. The number of carbonyl (C=O) groups is 1. The Morgan fingerprint density at radius 1 is 1.25 bits per heavy atom. The summed E-state index contributed by atoms with van der Waals surface area (Å²) in [6.07, 6.45) is 0. The molecule has 1 rings (SSSR count). The highest BCUT2D eigenvalue weighted by atomic mass is 32.2. The highest BCUT2D eigenvalue weighted by Crippen LogP contribution is 2.20. The van der Waals surface area contributed by atoms with Gasteiger partial charge in [0.05, 0.1) is 0 Å². The molecule has 1 aromatic heterocycles. The largest absolute Gasteiger partial charge is 0.452 e. The van der Waals surface area contributed by atoms with Gasteiger partial charge in [0.1, 0.15) is 5.60 Å². The second-order valence-electron chi connectivity index (χ2n) is 4.50. The Hall–Kier alpha value is -1.10. The van der Waals surface area contributed by atoms with Crippen LogP contribution >= 0.6 is 11.8 Å². The van der Waals surface area contributed by atoms with Crippen molar-refractivity contribution in [2.24, 2.45) is 0 Å². The van der Waals surface area contributed by atoms with Crippen LogP contribution in [0.15, 0.2) is 11.2 Å². The van der Waals surface area contributed by atoms with Crippen LogP contribution in [0.25, 0.3) is 0 Å². The third-order valence-corrected chi connectivity index (χ3v) is 2.14. The minimum atomic E-state index is -0.483. The molecule has 0 aliphatic rings. The molecular formula is C11H16N2O2S. The summed E-state index contributed by atoms with van der Waals surface area (Å²) in [4.78, 5) is 19.8. The molecule has 4 nitrogen and oxygen atoms in total. The quantitative estimate of drug-likeness (QED) is 0.429. The van der Waals surface area contributed by atoms with Crippen molar-refractivity contribution < 1.29 is 9.53 Å². The van der Waals surface area contributed by atoms with Crippen molar-refractivity contribution in [3.05, 3.63) is 17.5 Å². The Morgan fingerprint density at radius 2 is 1.75 bits per heavy atom. The maximum absolute atomic E-state index is 11.5. The van der Waals surface area contributed by atoms with E-state index < -0.39 is 5.60 Å². The molecule has 16 heavy (non-hydrogen) atoms. The number of ether oxygens (including phenoxy) is 1. The number of aryl methyl sites for hydroxylation is 2. The highest BCUT2D eigenvalue weighted by Gasteiger charge is 2.18. The molecule has 0 radical (unpaired) electrons. The van der Waals surface area contributed by atoms with Gasteiger partial charge >= 0.3 is 5.30 Å². The fourth-order valence-corrected chi connectivity index (χ4v) is 1.90. The zero-order valence-electron chi connectivity index (χ0n) is 10.2. The van der Waals surface area contributed by atoms with Crippen LogP contribution < -0.4 is 0 Å². The van der Waals surface area contributed by atoms with Crippen molar-refractivity contribution in [3.8, 4) is 0 Å². The molecule has 0 saturated carbocycles. The molecule has 0 N–H and O–H groups in total. The van der Waals surface area contributed by atoms with E-state index in [-0.39, 0.29) is 5.30 Å². The predicted molar refractivity (Wildman–Crippen MR) is 63.6 cm³/mol. The van der Waals surface area contributed by atoms with Crippen molar-refractivity contribution in [2.45, 2.75) is 45.4 Å². The monoisotopic (exact) mass is 240 g/mol. The number of aromatic nitrogens is 2. The van der Waals surface area contributed by atoms with E-state index in [2.05, 4.69) is 9.97 Å². The van der Waals surface area contributed by atoms with E-state index in [9.17, 15) is 4.79 Å². The smallest absolute Gasteiger partial charge is 0.375 e. The van der Waals surface area contributed by atoms with Crippen molar-refractivity contribution in [3.63, 3.8) is 0 Å². The van der Waals surface area contributed by atoms with Crippen LogP contribution in [-0.4, -0.2) is 20.9 Å². The first-order valence-electron chi connectivity index (χ1n) is 4.99. The molecule has 88 valence electrons. The Morgan fingerprint density at radius 3 is 2.19 bits per heavy atom. The molecule has 0 amide bonds. The number of carbonyl (C=O) groups excluding carboxylic acids is 1. The third-order valence-electron chi connectivity index (χ3n) is 1.53. The van der Waals surface area contributed by atoms with Crippen LogP contribution in [0.3, 0.4) is 0 Å². The van der Waals surface area contributed by atoms with Crippen LogP contribution in [-0.2, 0) is 4.74 Å². The first-order chi connectivity index (χ1) is 7.26. The maximum Gasteiger partial charge on any atom is 0.375 e. The first-order valence-corrected chi connectivity index (χ1v) is 5.81. The Bertz CT molecular complexity index is 379. The average Bonchev–Trinajstić information content (AvgIpc) is 1.96. The van der Waals surface area contributed by atoms with Gasteiger partial charge in [0.25, 0.3) is 0 Å². The zero-order valence-corrected chi connectivity index (χ0v) is 11.0. The van der Waals surface area contributed by atoms with E-state index in [0.717, 1.165) is 23.1 Å². The fourth-order valence-electron chi connectivity index (χ4n) is 1.08. The predicted octanol–water partition coefficient (Wildman–Crippen LogP) is 3.12. The van der Waals surface area contributed by atoms with Gasteiger partial charge in [-0.05, 0) is 40.7 Å². The molecule has 0 fully saturated rings. The second kappa shape index (κ2) is 4.82. The van der Waals surface area contributed by atoms with Crippen LogP contribution in [0, 0.1) is 13.8 Å². The lowest BCUT2D eigenvalue weighted by atomic mass is 10.2. The molecule has 0 unspecified atom stereocenters. The molecule has 0 atom stereocenters. The number of thioether (sulfide) groups is 1. The fraction of sp³-hybridized carbons (Fsp3) is 0.545. The van der Waals surface area contributed by atoms with Gasteiger partial charge in [-0.2, -0.15) is 0 Å². The molecule has 0 aliphatic heterocycles. The van der Waals surface area contributed by atoms with Gasteiger partial charge in [-0.25, -0.2) is 14.8 Å². The third kappa shape index (κ3) is 4.61. The Kier molecular flexibility index (Phi) is 3.91. The Balaban J connectivity index is 2.70. The van der Waals surface area contributed by atoms with Gasteiger partial charge in [-0.3, -0.25) is 0 Å². The van der Waals surface area contributed by atoms with E-state index in [1.165, 1.54) is 0 Å². The summed E-state index contributed by atoms with van der Waals surface area (Å²) in [5.74, 6) is 0. The molecule has 1 aromatic rings. The number of hydrogen-bond donors (Lipinski definition) is 0. The van der Waals surface area contributed by atoms with Gasteiger partial charge < -0.3 is 4.74 Å². The van der Waals surface area contributed by atoms with Crippen molar-refractivity contribution in [1.82, 2.24) is 9.97 Å². The lowest BCUT2D eigenvalue weighted by Crippen LogP contribution is -2.21. The summed E-state index contributed by atoms with van der Waals surface area (Å²) in [6, 6.07) is 1.86. The number of rotatable bonds is 1. The second-order valence-corrected chi connectivity index (χ2v) is 5.40. The van der Waals surface area contributed by atoms with Gasteiger partial charge in [-0.1, -0.05) is 0 Å². The lowest BCUT2D eigenvalue weighted by molar-refractivity contribution is 0.0737. The number of hydrogen-bond acceptors (Lipinski definition) is 5.